The molecule has 6 nitrogen and oxygen atoms in total. The maximum atomic E-state index is 11.7. The van der Waals surface area contributed by atoms with E-state index in [0.29, 0.717) is 6.42 Å². The van der Waals surface area contributed by atoms with E-state index in [2.05, 4.69) is 11.8 Å². The summed E-state index contributed by atoms with van der Waals surface area (Å²) in [5.41, 5.74) is 2.16. The van der Waals surface area contributed by atoms with E-state index < -0.39 is 0 Å². The molecule has 0 spiro atoms. The number of nitrogens with zero attached hydrogens (tertiary/aromatic N) is 2. The molecule has 1 heterocycles. The van der Waals surface area contributed by atoms with E-state index in [1.54, 1.807) is 12.1 Å². The minimum atomic E-state index is -0.355. The molecular weight excluding hydrogens is 308 g/mol. The molecule has 0 saturated heterocycles. The summed E-state index contributed by atoms with van der Waals surface area (Å²) in [6.07, 6.45) is 6.51. The van der Waals surface area contributed by atoms with E-state index in [1.165, 1.54) is 20.0 Å². The molecule has 1 aromatic rings. The normalized spacial score (nSPS) is 16.6. The van der Waals surface area contributed by atoms with Gasteiger partial charge >= 0.3 is 5.97 Å². The molecule has 0 amide bonds. The molecule has 0 bridgehead atoms. The fourth-order valence-electron chi connectivity index (χ4n) is 3.34. The standard InChI is InChI=1S/C18H26N2O4/c1-3-4-5-6-11-19-15(13-18(21)24-2)8-7-14-12-16(20(22)23)9-10-17(14)19/h9-10,12,15H,3-8,11,13H2,1-2H3. The largest absolute Gasteiger partial charge is 0.469 e. The third-order valence-electron chi connectivity index (χ3n) is 4.65. The van der Waals surface area contributed by atoms with Crippen LogP contribution < -0.4 is 4.90 Å². The van der Waals surface area contributed by atoms with E-state index in [9.17, 15) is 14.9 Å². The number of non-ortho nitro benzene ring substituents is 1. The van der Waals surface area contributed by atoms with E-state index >= 15 is 0 Å². The first-order valence-electron chi connectivity index (χ1n) is 8.67. The number of carbonyl (C=O) groups is 1. The third-order valence-corrected chi connectivity index (χ3v) is 4.65. The van der Waals surface area contributed by atoms with Gasteiger partial charge in [-0.3, -0.25) is 14.9 Å². The zero-order valence-corrected chi connectivity index (χ0v) is 14.5. The summed E-state index contributed by atoms with van der Waals surface area (Å²) in [5.74, 6) is -0.205. The van der Waals surface area contributed by atoms with E-state index in [1.807, 2.05) is 6.07 Å². The van der Waals surface area contributed by atoms with Crippen molar-refractivity contribution in [3.8, 4) is 0 Å². The average Bonchev–Trinajstić information content (AvgIpc) is 2.59. The van der Waals surface area contributed by atoms with E-state index in [0.717, 1.165) is 43.5 Å². The van der Waals surface area contributed by atoms with Crippen LogP contribution in [0.4, 0.5) is 11.4 Å². The molecule has 24 heavy (non-hydrogen) atoms. The Labute approximate surface area is 142 Å². The first-order chi connectivity index (χ1) is 11.6. The smallest absolute Gasteiger partial charge is 0.307 e. The Hall–Kier alpha value is -2.11. The molecule has 0 fully saturated rings. The monoisotopic (exact) mass is 334 g/mol. The van der Waals surface area contributed by atoms with Crippen LogP contribution in [0.5, 0.6) is 0 Å². The van der Waals surface area contributed by atoms with Crippen molar-refractivity contribution in [2.75, 3.05) is 18.6 Å². The minimum Gasteiger partial charge on any atom is -0.469 e. The molecule has 132 valence electrons. The van der Waals surface area contributed by atoms with Crippen molar-refractivity contribution < 1.29 is 14.5 Å². The van der Waals surface area contributed by atoms with E-state index in [-0.39, 0.29) is 22.6 Å². The molecule has 1 aliphatic heterocycles. The van der Waals surface area contributed by atoms with Crippen molar-refractivity contribution in [3.63, 3.8) is 0 Å². The zero-order chi connectivity index (χ0) is 17.5. The number of benzene rings is 1. The van der Waals surface area contributed by atoms with Gasteiger partial charge in [-0.2, -0.15) is 0 Å². The lowest BCUT2D eigenvalue weighted by Gasteiger charge is -2.38. The van der Waals surface area contributed by atoms with Gasteiger partial charge in [-0.15, -0.1) is 0 Å². The molecule has 2 rings (SSSR count). The number of esters is 1. The fraction of sp³-hybridized carbons (Fsp3) is 0.611. The number of fused-ring (bicyclic) bond motifs is 1. The maximum absolute atomic E-state index is 11.7. The number of carbonyl (C=O) groups excluding carboxylic acids is 1. The number of methoxy groups -OCH3 is 1. The summed E-state index contributed by atoms with van der Waals surface area (Å²) in [4.78, 5) is 24.6. The Bertz CT molecular complexity index is 588. The summed E-state index contributed by atoms with van der Waals surface area (Å²) in [5, 5.41) is 11.0. The van der Waals surface area contributed by atoms with Gasteiger partial charge in [0, 0.05) is 30.4 Å². The second kappa shape index (κ2) is 8.66. The number of hydrogen-bond donors (Lipinski definition) is 0. The quantitative estimate of drug-likeness (QED) is 0.312. The number of rotatable bonds is 8. The van der Waals surface area contributed by atoms with Gasteiger partial charge in [0.25, 0.3) is 5.69 Å². The maximum Gasteiger partial charge on any atom is 0.307 e. The van der Waals surface area contributed by atoms with Gasteiger partial charge in [0.05, 0.1) is 18.5 Å². The number of ether oxygens (including phenoxy) is 1. The lowest BCUT2D eigenvalue weighted by Crippen LogP contribution is -2.41. The second-order valence-corrected chi connectivity index (χ2v) is 6.30. The number of nitro benzene ring substituents is 1. The van der Waals surface area contributed by atoms with Crippen LogP contribution >= 0.6 is 0 Å². The minimum absolute atomic E-state index is 0.105. The van der Waals surface area contributed by atoms with Gasteiger partial charge in [0.15, 0.2) is 0 Å². The molecule has 1 unspecified atom stereocenters. The van der Waals surface area contributed by atoms with Crippen molar-refractivity contribution in [3.05, 3.63) is 33.9 Å². The van der Waals surface area contributed by atoms with Crippen molar-refractivity contribution >= 4 is 17.3 Å². The highest BCUT2D eigenvalue weighted by Gasteiger charge is 2.29. The molecule has 6 heteroatoms. The Morgan fingerprint density at radius 3 is 2.83 bits per heavy atom. The van der Waals surface area contributed by atoms with Crippen molar-refractivity contribution in [1.29, 1.82) is 0 Å². The van der Waals surface area contributed by atoms with Gasteiger partial charge in [0.2, 0.25) is 0 Å². The average molecular weight is 334 g/mol. The van der Waals surface area contributed by atoms with Crippen LogP contribution in [0.15, 0.2) is 18.2 Å². The third kappa shape index (κ3) is 4.46. The summed E-state index contributed by atoms with van der Waals surface area (Å²) in [7, 11) is 1.41. The SMILES string of the molecule is CCCCCCN1c2ccc([N+](=O)[O-])cc2CCC1CC(=O)OC. The lowest BCUT2D eigenvalue weighted by atomic mass is 9.93. The molecule has 0 N–H and O–H groups in total. The van der Waals surface area contributed by atoms with Crippen LogP contribution in [0.3, 0.4) is 0 Å². The molecule has 1 aromatic carbocycles. The van der Waals surface area contributed by atoms with Gasteiger partial charge < -0.3 is 9.64 Å². The predicted molar refractivity (Wildman–Crippen MR) is 93.3 cm³/mol. The summed E-state index contributed by atoms with van der Waals surface area (Å²) in [6, 6.07) is 5.16. The first-order valence-corrected chi connectivity index (χ1v) is 8.67. The lowest BCUT2D eigenvalue weighted by molar-refractivity contribution is -0.384. The fourth-order valence-corrected chi connectivity index (χ4v) is 3.34. The Balaban J connectivity index is 2.20. The number of hydrogen-bond acceptors (Lipinski definition) is 5. The van der Waals surface area contributed by atoms with Crippen molar-refractivity contribution in [1.82, 2.24) is 0 Å². The van der Waals surface area contributed by atoms with Crippen molar-refractivity contribution in [2.24, 2.45) is 0 Å². The van der Waals surface area contributed by atoms with Crippen LogP contribution in [0, 0.1) is 10.1 Å². The number of anilines is 1. The number of unbranched alkanes of at least 4 members (excludes halogenated alkanes) is 3. The molecule has 1 atom stereocenters. The second-order valence-electron chi connectivity index (χ2n) is 6.30. The molecular formula is C18H26N2O4. The Morgan fingerprint density at radius 1 is 1.38 bits per heavy atom. The highest BCUT2D eigenvalue weighted by Crippen LogP contribution is 2.34. The van der Waals surface area contributed by atoms with Crippen LogP contribution in [0.25, 0.3) is 0 Å². The van der Waals surface area contributed by atoms with Gasteiger partial charge in [0.1, 0.15) is 0 Å². The molecule has 0 aliphatic carbocycles. The topological polar surface area (TPSA) is 72.7 Å². The van der Waals surface area contributed by atoms with Gasteiger partial charge in [-0.05, 0) is 30.9 Å². The van der Waals surface area contributed by atoms with Crippen LogP contribution in [-0.4, -0.2) is 30.6 Å². The highest BCUT2D eigenvalue weighted by molar-refractivity contribution is 5.71. The Kier molecular flexibility index (Phi) is 6.58. The predicted octanol–water partition coefficient (Wildman–Crippen LogP) is 3.86. The highest BCUT2D eigenvalue weighted by atomic mass is 16.6. The van der Waals surface area contributed by atoms with Gasteiger partial charge in [-0.1, -0.05) is 26.2 Å². The molecule has 0 radical (unpaired) electrons. The van der Waals surface area contributed by atoms with Crippen molar-refractivity contribution in [2.45, 2.75) is 57.9 Å². The van der Waals surface area contributed by atoms with Gasteiger partial charge in [-0.25, -0.2) is 0 Å². The van der Waals surface area contributed by atoms with E-state index in [4.69, 9.17) is 4.74 Å². The Morgan fingerprint density at radius 2 is 2.17 bits per heavy atom. The molecule has 0 aromatic heterocycles. The molecule has 0 saturated carbocycles. The summed E-state index contributed by atoms with van der Waals surface area (Å²) >= 11 is 0. The zero-order valence-electron chi connectivity index (χ0n) is 14.5. The summed E-state index contributed by atoms with van der Waals surface area (Å²) in [6.45, 7) is 3.04. The number of aryl methyl sites for hydroxylation is 1. The molecule has 1 aliphatic rings. The number of nitro groups is 1. The van der Waals surface area contributed by atoms with Crippen LogP contribution in [0.1, 0.15) is 51.0 Å². The first kappa shape index (κ1) is 18.2. The van der Waals surface area contributed by atoms with Crippen LogP contribution in [-0.2, 0) is 16.0 Å². The summed E-state index contributed by atoms with van der Waals surface area (Å²) < 4.78 is 4.83. The van der Waals surface area contributed by atoms with Crippen LogP contribution in [0.2, 0.25) is 0 Å².